The molecule has 0 saturated carbocycles. The molecule has 0 spiro atoms. The van der Waals surface area contributed by atoms with Gasteiger partial charge in [0.2, 0.25) is 0 Å². The highest BCUT2D eigenvalue weighted by atomic mass is 15.1. The molecule has 3 N–H and O–H groups in total. The fraction of sp³-hybridized carbons (Fsp3) is 0.571. The minimum absolute atomic E-state index is 0.139. The van der Waals surface area contributed by atoms with Crippen LogP contribution in [0, 0.1) is 0 Å². The first-order valence-electron chi connectivity index (χ1n) is 3.54. The van der Waals surface area contributed by atoms with Crippen molar-refractivity contribution in [3.05, 3.63) is 18.2 Å². The van der Waals surface area contributed by atoms with Gasteiger partial charge in [0.15, 0.2) is 0 Å². The molecule has 3 heteroatoms. The van der Waals surface area contributed by atoms with Gasteiger partial charge in [-0.3, -0.25) is 0 Å². The van der Waals surface area contributed by atoms with Gasteiger partial charge < -0.3 is 5.73 Å². The second kappa shape index (κ2) is 2.84. The van der Waals surface area contributed by atoms with Crippen LogP contribution in [0.4, 0.5) is 0 Å². The van der Waals surface area contributed by atoms with Crippen LogP contribution in [0.1, 0.15) is 25.2 Å². The van der Waals surface area contributed by atoms with Crippen molar-refractivity contribution in [2.75, 3.05) is 0 Å². The van der Waals surface area contributed by atoms with Crippen LogP contribution in [0.3, 0.4) is 0 Å². The van der Waals surface area contributed by atoms with Gasteiger partial charge in [-0.15, -0.1) is 0 Å². The standard InChI is InChI=1S/C7H13N3/c1-3-6(8)7-9-4-5-10(7)2/h4-6H,3,8H2,1-2H3/p+1. The number of H-pyrrole nitrogens is 1. The molecule has 0 bridgehead atoms. The summed E-state index contributed by atoms with van der Waals surface area (Å²) in [6, 6.07) is 0.139. The molecule has 1 heterocycles. The van der Waals surface area contributed by atoms with Gasteiger partial charge in [-0.1, -0.05) is 6.92 Å². The Hall–Kier alpha value is -0.830. The molecule has 0 aromatic carbocycles. The Balaban J connectivity index is 2.82. The minimum Gasteiger partial charge on any atom is -0.318 e. The second-order valence-corrected chi connectivity index (χ2v) is 2.47. The Morgan fingerprint density at radius 1 is 1.80 bits per heavy atom. The van der Waals surface area contributed by atoms with E-state index in [1.165, 1.54) is 0 Å². The summed E-state index contributed by atoms with van der Waals surface area (Å²) in [4.78, 5) is 3.09. The van der Waals surface area contributed by atoms with E-state index >= 15 is 0 Å². The van der Waals surface area contributed by atoms with Gasteiger partial charge in [-0.25, -0.2) is 9.55 Å². The molecule has 1 rings (SSSR count). The van der Waals surface area contributed by atoms with E-state index in [-0.39, 0.29) is 6.04 Å². The van der Waals surface area contributed by atoms with Gasteiger partial charge in [-0.2, -0.15) is 0 Å². The van der Waals surface area contributed by atoms with Gasteiger partial charge in [-0.05, 0) is 6.42 Å². The van der Waals surface area contributed by atoms with E-state index < -0.39 is 0 Å². The van der Waals surface area contributed by atoms with Gasteiger partial charge >= 0.3 is 0 Å². The van der Waals surface area contributed by atoms with Crippen molar-refractivity contribution in [1.82, 2.24) is 4.98 Å². The zero-order chi connectivity index (χ0) is 7.56. The average molecular weight is 140 g/mol. The molecule has 1 aromatic rings. The van der Waals surface area contributed by atoms with Gasteiger partial charge in [0.1, 0.15) is 18.4 Å². The number of nitrogens with zero attached hydrogens (tertiary/aromatic N) is 1. The van der Waals surface area contributed by atoms with Crippen molar-refractivity contribution < 1.29 is 4.57 Å². The summed E-state index contributed by atoms with van der Waals surface area (Å²) in [6.07, 6.45) is 4.82. The van der Waals surface area contributed by atoms with Gasteiger partial charge in [0.25, 0.3) is 5.82 Å². The largest absolute Gasteiger partial charge is 0.318 e. The summed E-state index contributed by atoms with van der Waals surface area (Å²) in [7, 11) is 1.99. The number of imidazole rings is 1. The molecule has 3 nitrogen and oxygen atoms in total. The molecular weight excluding hydrogens is 126 g/mol. The Labute approximate surface area is 60.9 Å². The number of nitrogens with one attached hydrogen (secondary N) is 1. The maximum Gasteiger partial charge on any atom is 0.271 e. The van der Waals surface area contributed by atoms with Crippen LogP contribution in [-0.4, -0.2) is 4.98 Å². The molecule has 0 fully saturated rings. The highest BCUT2D eigenvalue weighted by Gasteiger charge is 2.13. The van der Waals surface area contributed by atoms with Crippen LogP contribution in [0.15, 0.2) is 12.4 Å². The van der Waals surface area contributed by atoms with E-state index in [2.05, 4.69) is 11.9 Å². The Morgan fingerprint density at radius 2 is 2.50 bits per heavy atom. The Kier molecular flexibility index (Phi) is 2.06. The summed E-state index contributed by atoms with van der Waals surface area (Å²) in [5.74, 6) is 1.09. The molecule has 0 radical (unpaired) electrons. The first kappa shape index (κ1) is 7.28. The molecule has 1 atom stereocenters. The number of hydrogen-bond acceptors (Lipinski definition) is 1. The van der Waals surface area contributed by atoms with Crippen LogP contribution in [0.2, 0.25) is 0 Å². The van der Waals surface area contributed by atoms with Crippen molar-refractivity contribution >= 4 is 0 Å². The number of aryl methyl sites for hydroxylation is 1. The number of aromatic amines is 1. The molecule has 1 unspecified atom stereocenters. The monoisotopic (exact) mass is 140 g/mol. The van der Waals surface area contributed by atoms with Crippen molar-refractivity contribution in [1.29, 1.82) is 0 Å². The first-order chi connectivity index (χ1) is 4.75. The lowest BCUT2D eigenvalue weighted by atomic mass is 10.2. The number of aromatic nitrogens is 2. The molecule has 0 aliphatic carbocycles. The van der Waals surface area contributed by atoms with Crippen LogP contribution < -0.4 is 10.3 Å². The van der Waals surface area contributed by atoms with E-state index in [4.69, 9.17) is 5.73 Å². The number of nitrogens with two attached hydrogens (primary N) is 1. The van der Waals surface area contributed by atoms with Crippen molar-refractivity contribution in [3.63, 3.8) is 0 Å². The SMILES string of the molecule is CCC(N)c1[nH]cc[n+]1C. The second-order valence-electron chi connectivity index (χ2n) is 2.47. The summed E-state index contributed by atoms with van der Waals surface area (Å²) in [5.41, 5.74) is 5.79. The van der Waals surface area contributed by atoms with Crippen molar-refractivity contribution in [2.45, 2.75) is 19.4 Å². The third-order valence-electron chi connectivity index (χ3n) is 1.70. The maximum atomic E-state index is 5.79. The summed E-state index contributed by atoms with van der Waals surface area (Å²) >= 11 is 0. The highest BCUT2D eigenvalue weighted by molar-refractivity contribution is 4.84. The predicted octanol–water partition coefficient (Wildman–Crippen LogP) is 0.249. The van der Waals surface area contributed by atoms with Crippen LogP contribution in [0.5, 0.6) is 0 Å². The van der Waals surface area contributed by atoms with Crippen LogP contribution in [-0.2, 0) is 7.05 Å². The normalized spacial score (nSPS) is 13.5. The molecule has 10 heavy (non-hydrogen) atoms. The quantitative estimate of drug-likeness (QED) is 0.568. The van der Waals surface area contributed by atoms with E-state index in [1.807, 2.05) is 24.0 Å². The Morgan fingerprint density at radius 3 is 2.90 bits per heavy atom. The molecule has 56 valence electrons. The number of rotatable bonds is 2. The lowest BCUT2D eigenvalue weighted by molar-refractivity contribution is -0.679. The zero-order valence-electron chi connectivity index (χ0n) is 6.46. The summed E-state index contributed by atoms with van der Waals surface area (Å²) in [5, 5.41) is 0. The first-order valence-corrected chi connectivity index (χ1v) is 3.54. The molecule has 0 saturated heterocycles. The summed E-state index contributed by atoms with van der Waals surface area (Å²) < 4.78 is 2.01. The van der Waals surface area contributed by atoms with Gasteiger partial charge in [0, 0.05) is 0 Å². The third kappa shape index (κ3) is 1.19. The predicted molar refractivity (Wildman–Crippen MR) is 39.2 cm³/mol. The highest BCUT2D eigenvalue weighted by Crippen LogP contribution is 2.03. The van der Waals surface area contributed by atoms with E-state index in [9.17, 15) is 0 Å². The minimum atomic E-state index is 0.139. The fourth-order valence-electron chi connectivity index (χ4n) is 0.979. The average Bonchev–Trinajstić information content (AvgIpc) is 2.34. The molecule has 1 aromatic heterocycles. The van der Waals surface area contributed by atoms with Crippen LogP contribution in [0.25, 0.3) is 0 Å². The molecule has 0 aliphatic heterocycles. The topological polar surface area (TPSA) is 45.7 Å². The van der Waals surface area contributed by atoms with Crippen LogP contribution >= 0.6 is 0 Å². The summed E-state index contributed by atoms with van der Waals surface area (Å²) in [6.45, 7) is 2.07. The zero-order valence-corrected chi connectivity index (χ0v) is 6.46. The molecule has 0 amide bonds. The maximum absolute atomic E-state index is 5.79. The van der Waals surface area contributed by atoms with E-state index in [0.717, 1.165) is 12.2 Å². The van der Waals surface area contributed by atoms with E-state index in [1.54, 1.807) is 0 Å². The molecule has 0 aliphatic rings. The Bertz CT molecular complexity index is 204. The van der Waals surface area contributed by atoms with Crippen molar-refractivity contribution in [2.24, 2.45) is 12.8 Å². The fourth-order valence-corrected chi connectivity index (χ4v) is 0.979. The molecular formula is C7H14N3+. The van der Waals surface area contributed by atoms with Gasteiger partial charge in [0.05, 0.1) is 7.05 Å². The lowest BCUT2D eigenvalue weighted by Crippen LogP contribution is -2.34. The smallest absolute Gasteiger partial charge is 0.271 e. The lowest BCUT2D eigenvalue weighted by Gasteiger charge is -2.00. The van der Waals surface area contributed by atoms with E-state index in [0.29, 0.717) is 0 Å². The third-order valence-corrected chi connectivity index (χ3v) is 1.70. The number of hydrogen-bond donors (Lipinski definition) is 2. The van der Waals surface area contributed by atoms with Crippen molar-refractivity contribution in [3.8, 4) is 0 Å².